The maximum Gasteiger partial charge on any atom is 0.325 e. The highest BCUT2D eigenvalue weighted by Gasteiger charge is 2.20. The number of amides is 1. The van der Waals surface area contributed by atoms with Gasteiger partial charge in [0.2, 0.25) is 5.78 Å². The Bertz CT molecular complexity index is 1130. The van der Waals surface area contributed by atoms with Gasteiger partial charge in [-0.15, -0.1) is 11.3 Å². The molecule has 0 aliphatic heterocycles. The molecule has 9 heteroatoms. The summed E-state index contributed by atoms with van der Waals surface area (Å²) in [5.74, 6) is -1.47. The number of ketones is 1. The highest BCUT2D eigenvalue weighted by molar-refractivity contribution is 7.21. The summed E-state index contributed by atoms with van der Waals surface area (Å²) in [6.45, 7) is 4.15. The van der Waals surface area contributed by atoms with Crippen molar-refractivity contribution in [2.24, 2.45) is 0 Å². The molecule has 0 unspecified atom stereocenters. The zero-order valence-electron chi connectivity index (χ0n) is 17.5. The number of aromatic nitrogens is 1. The molecule has 0 fully saturated rings. The summed E-state index contributed by atoms with van der Waals surface area (Å²) in [6.07, 6.45) is 0. The Labute approximate surface area is 188 Å². The highest BCUT2D eigenvalue weighted by atomic mass is 35.5. The SMILES string of the molecule is COCCn1c(C)cc(C(=O)COC(=O)CNC(=O)c2sc3ccccc3c2Cl)c1C. The Kier molecular flexibility index (Phi) is 7.48. The molecule has 0 atom stereocenters. The van der Waals surface area contributed by atoms with E-state index >= 15 is 0 Å². The number of hydrogen-bond donors (Lipinski definition) is 1. The van der Waals surface area contributed by atoms with Crippen LogP contribution in [0.25, 0.3) is 10.1 Å². The van der Waals surface area contributed by atoms with Gasteiger partial charge in [-0.3, -0.25) is 14.4 Å². The van der Waals surface area contributed by atoms with E-state index in [0.29, 0.717) is 28.6 Å². The molecule has 1 amide bonds. The van der Waals surface area contributed by atoms with Crippen molar-refractivity contribution in [3.05, 3.63) is 57.2 Å². The number of fused-ring (bicyclic) bond motifs is 1. The van der Waals surface area contributed by atoms with Gasteiger partial charge in [0.15, 0.2) is 6.61 Å². The van der Waals surface area contributed by atoms with Crippen molar-refractivity contribution >= 4 is 50.7 Å². The van der Waals surface area contributed by atoms with Crippen molar-refractivity contribution in [3.8, 4) is 0 Å². The van der Waals surface area contributed by atoms with Crippen molar-refractivity contribution in [1.29, 1.82) is 0 Å². The number of benzene rings is 1. The lowest BCUT2D eigenvalue weighted by molar-refractivity contribution is -0.141. The third-order valence-corrected chi connectivity index (χ3v) is 6.57. The Morgan fingerprint density at radius 3 is 2.65 bits per heavy atom. The minimum atomic E-state index is -0.702. The van der Waals surface area contributed by atoms with E-state index in [1.54, 1.807) is 13.2 Å². The molecule has 0 saturated carbocycles. The normalized spacial score (nSPS) is 11.0. The smallest absolute Gasteiger partial charge is 0.325 e. The minimum absolute atomic E-state index is 0.302. The zero-order chi connectivity index (χ0) is 22.5. The van der Waals surface area contributed by atoms with Gasteiger partial charge in [0.05, 0.1) is 11.6 Å². The van der Waals surface area contributed by atoms with E-state index in [9.17, 15) is 14.4 Å². The van der Waals surface area contributed by atoms with E-state index in [2.05, 4.69) is 5.32 Å². The molecule has 0 spiro atoms. The summed E-state index contributed by atoms with van der Waals surface area (Å²) >= 11 is 7.53. The molecular weight excluding hydrogens is 440 g/mol. The van der Waals surface area contributed by atoms with Crippen LogP contribution in [0, 0.1) is 13.8 Å². The topological polar surface area (TPSA) is 86.6 Å². The number of thiophene rings is 1. The number of ether oxygens (including phenoxy) is 2. The average molecular weight is 463 g/mol. The van der Waals surface area contributed by atoms with Crippen molar-refractivity contribution < 1.29 is 23.9 Å². The number of nitrogens with one attached hydrogen (secondary N) is 1. The van der Waals surface area contributed by atoms with E-state index in [0.717, 1.165) is 21.5 Å². The van der Waals surface area contributed by atoms with Gasteiger partial charge in [-0.1, -0.05) is 29.8 Å². The second-order valence-electron chi connectivity index (χ2n) is 6.94. The minimum Gasteiger partial charge on any atom is -0.456 e. The predicted octanol–water partition coefficient (Wildman–Crippen LogP) is 3.78. The van der Waals surface area contributed by atoms with Crippen LogP contribution < -0.4 is 5.32 Å². The van der Waals surface area contributed by atoms with E-state index in [1.807, 2.05) is 42.7 Å². The molecule has 0 radical (unpaired) electrons. The van der Waals surface area contributed by atoms with E-state index < -0.39 is 18.5 Å². The Morgan fingerprint density at radius 2 is 1.94 bits per heavy atom. The summed E-state index contributed by atoms with van der Waals surface area (Å²) in [5, 5.41) is 3.63. The number of Topliss-reactive ketones (excluding diaryl/α,β-unsaturated/α-hetero) is 1. The van der Waals surface area contributed by atoms with Gasteiger partial charge in [0.25, 0.3) is 5.91 Å². The van der Waals surface area contributed by atoms with Crippen molar-refractivity contribution in [2.75, 3.05) is 26.9 Å². The van der Waals surface area contributed by atoms with Gasteiger partial charge in [-0.2, -0.15) is 0 Å². The van der Waals surface area contributed by atoms with Gasteiger partial charge >= 0.3 is 5.97 Å². The standard InChI is InChI=1S/C22H23ClN2O5S/c1-13-10-16(14(2)25(13)8-9-29-3)17(26)12-30-19(27)11-24-22(28)21-20(23)15-6-4-5-7-18(15)31-21/h4-7,10H,8-9,11-12H2,1-3H3,(H,24,28). The van der Waals surface area contributed by atoms with Crippen LogP contribution in [0.1, 0.15) is 31.4 Å². The van der Waals surface area contributed by atoms with Crippen molar-refractivity contribution in [3.63, 3.8) is 0 Å². The van der Waals surface area contributed by atoms with Crippen LogP contribution in [0.5, 0.6) is 0 Å². The molecule has 0 bridgehead atoms. The Hall–Kier alpha value is -2.68. The fourth-order valence-electron chi connectivity index (χ4n) is 3.28. The third kappa shape index (κ3) is 5.15. The molecule has 3 rings (SSSR count). The predicted molar refractivity (Wildman–Crippen MR) is 120 cm³/mol. The summed E-state index contributed by atoms with van der Waals surface area (Å²) in [5.41, 5.74) is 2.22. The quantitative estimate of drug-likeness (QED) is 0.386. The van der Waals surface area contributed by atoms with Crippen LogP contribution in [0.2, 0.25) is 5.02 Å². The Morgan fingerprint density at radius 1 is 1.19 bits per heavy atom. The molecule has 1 N–H and O–H groups in total. The van der Waals surface area contributed by atoms with Crippen LogP contribution >= 0.6 is 22.9 Å². The number of esters is 1. The first-order valence-corrected chi connectivity index (χ1v) is 10.8. The second-order valence-corrected chi connectivity index (χ2v) is 8.37. The maximum atomic E-state index is 12.5. The largest absolute Gasteiger partial charge is 0.456 e. The van der Waals surface area contributed by atoms with Crippen LogP contribution in [0.15, 0.2) is 30.3 Å². The average Bonchev–Trinajstić information content (AvgIpc) is 3.25. The molecule has 1 aromatic carbocycles. The van der Waals surface area contributed by atoms with Crippen LogP contribution in [-0.2, 0) is 20.8 Å². The fraction of sp³-hybridized carbons (Fsp3) is 0.318. The fourth-order valence-corrected chi connectivity index (χ4v) is 4.71. The Balaban J connectivity index is 1.54. The number of nitrogens with zero attached hydrogens (tertiary/aromatic N) is 1. The van der Waals surface area contributed by atoms with Gasteiger partial charge < -0.3 is 19.4 Å². The molecule has 31 heavy (non-hydrogen) atoms. The molecule has 2 heterocycles. The van der Waals surface area contributed by atoms with Gasteiger partial charge in [0.1, 0.15) is 11.4 Å². The van der Waals surface area contributed by atoms with E-state index in [-0.39, 0.29) is 12.3 Å². The van der Waals surface area contributed by atoms with Crippen LogP contribution in [0.3, 0.4) is 0 Å². The summed E-state index contributed by atoms with van der Waals surface area (Å²) in [6, 6.07) is 9.17. The molecule has 164 valence electrons. The number of carbonyl (C=O) groups excluding carboxylic acids is 3. The summed E-state index contributed by atoms with van der Waals surface area (Å²) in [4.78, 5) is 37.2. The van der Waals surface area contributed by atoms with Gasteiger partial charge in [-0.05, 0) is 26.0 Å². The maximum absolute atomic E-state index is 12.5. The molecule has 2 aromatic heterocycles. The summed E-state index contributed by atoms with van der Waals surface area (Å²) < 4.78 is 13.0. The number of aryl methyl sites for hydroxylation is 1. The summed E-state index contributed by atoms with van der Waals surface area (Å²) in [7, 11) is 1.62. The van der Waals surface area contributed by atoms with Crippen LogP contribution in [-0.4, -0.2) is 49.1 Å². The van der Waals surface area contributed by atoms with E-state index in [1.165, 1.54) is 11.3 Å². The molecule has 0 aliphatic carbocycles. The lowest BCUT2D eigenvalue weighted by Gasteiger charge is -2.09. The van der Waals surface area contributed by atoms with Gasteiger partial charge in [0, 0.05) is 40.7 Å². The highest BCUT2D eigenvalue weighted by Crippen LogP contribution is 2.34. The monoisotopic (exact) mass is 462 g/mol. The molecule has 0 saturated heterocycles. The first-order chi connectivity index (χ1) is 14.8. The molecule has 3 aromatic rings. The molecule has 7 nitrogen and oxygen atoms in total. The lowest BCUT2D eigenvalue weighted by Crippen LogP contribution is -2.31. The number of methoxy groups -OCH3 is 1. The lowest BCUT2D eigenvalue weighted by atomic mass is 10.1. The first-order valence-electron chi connectivity index (χ1n) is 9.63. The zero-order valence-corrected chi connectivity index (χ0v) is 19.1. The second kappa shape index (κ2) is 10.1. The number of halogens is 1. The number of carbonyl (C=O) groups is 3. The van der Waals surface area contributed by atoms with E-state index in [4.69, 9.17) is 21.1 Å². The first kappa shape index (κ1) is 23.0. The molecular formula is C22H23ClN2O5S. The molecule has 0 aliphatic rings. The van der Waals surface area contributed by atoms with Crippen LogP contribution in [0.4, 0.5) is 0 Å². The number of hydrogen-bond acceptors (Lipinski definition) is 6. The third-order valence-electron chi connectivity index (χ3n) is 4.89. The van der Waals surface area contributed by atoms with Gasteiger partial charge in [-0.25, -0.2) is 0 Å². The van der Waals surface area contributed by atoms with Crippen molar-refractivity contribution in [1.82, 2.24) is 9.88 Å². The number of rotatable bonds is 9. The van der Waals surface area contributed by atoms with Crippen molar-refractivity contribution in [2.45, 2.75) is 20.4 Å².